The highest BCUT2D eigenvalue weighted by Gasteiger charge is 2.20. The van der Waals surface area contributed by atoms with Crippen LogP contribution in [0.1, 0.15) is 57.2 Å². The van der Waals surface area contributed by atoms with Crippen molar-refractivity contribution in [3.05, 3.63) is 35.6 Å². The number of fused-ring (bicyclic) bond motifs is 1. The molecule has 0 aliphatic carbocycles. The number of hydrogen-bond acceptors (Lipinski definition) is 2. The quantitative estimate of drug-likeness (QED) is 0.725. The number of carbonyl (C=O) groups is 1. The van der Waals surface area contributed by atoms with Gasteiger partial charge in [-0.15, -0.1) is 0 Å². The summed E-state index contributed by atoms with van der Waals surface area (Å²) in [6, 6.07) is 8.07. The second kappa shape index (κ2) is 4.84. The summed E-state index contributed by atoms with van der Waals surface area (Å²) in [7, 11) is 0. The van der Waals surface area contributed by atoms with Gasteiger partial charge in [-0.2, -0.15) is 0 Å². The summed E-state index contributed by atoms with van der Waals surface area (Å²) in [6.07, 6.45) is 1.08. The van der Waals surface area contributed by atoms with Crippen LogP contribution in [-0.4, -0.2) is 5.78 Å². The maximum atomic E-state index is 12.0. The number of furan rings is 1. The van der Waals surface area contributed by atoms with Crippen molar-refractivity contribution in [2.24, 2.45) is 5.92 Å². The molecule has 0 aliphatic rings. The molecule has 0 aliphatic heterocycles. The number of rotatable bonds is 4. The molecular weight excluding hydrogens is 236 g/mol. The number of ketones is 1. The molecule has 0 radical (unpaired) electrons. The smallest absolute Gasteiger partial charge is 0.200 e. The Bertz CT molecular complexity index is 603. The molecule has 0 N–H and O–H groups in total. The molecule has 0 fully saturated rings. The fraction of sp³-hybridized carbons (Fsp3) is 0.471. The lowest BCUT2D eigenvalue weighted by atomic mass is 9.82. The van der Waals surface area contributed by atoms with E-state index < -0.39 is 0 Å². The first kappa shape index (κ1) is 13.9. The highest BCUT2D eigenvalue weighted by molar-refractivity contribution is 5.98. The van der Waals surface area contributed by atoms with Crippen molar-refractivity contribution in [3.8, 4) is 0 Å². The minimum atomic E-state index is -0.0351. The van der Waals surface area contributed by atoms with Gasteiger partial charge >= 0.3 is 0 Å². The third kappa shape index (κ3) is 2.58. The maximum absolute atomic E-state index is 12.0. The molecule has 0 amide bonds. The van der Waals surface area contributed by atoms with E-state index in [1.165, 1.54) is 5.56 Å². The second-order valence-electron chi connectivity index (χ2n) is 6.12. The van der Waals surface area contributed by atoms with Crippen molar-refractivity contribution in [3.63, 3.8) is 0 Å². The predicted octanol–water partition coefficient (Wildman–Crippen LogP) is 4.96. The van der Waals surface area contributed by atoms with E-state index in [0.717, 1.165) is 17.4 Å². The summed E-state index contributed by atoms with van der Waals surface area (Å²) in [5.41, 5.74) is 2.22. The molecule has 102 valence electrons. The molecule has 2 aromatic rings. The summed E-state index contributed by atoms with van der Waals surface area (Å²) < 4.78 is 5.64. The van der Waals surface area contributed by atoms with Gasteiger partial charge in [-0.3, -0.25) is 4.79 Å². The standard InChI is InChI=1S/C17H22O2/c1-6-17(4,5)13-7-8-14-12(9-13)10-15(19-14)16(18)11(2)3/h7-11H,6H2,1-5H3. The highest BCUT2D eigenvalue weighted by atomic mass is 16.3. The van der Waals surface area contributed by atoms with Crippen LogP contribution in [0.5, 0.6) is 0 Å². The molecule has 0 atom stereocenters. The molecule has 0 bridgehead atoms. The molecule has 0 unspecified atom stereocenters. The molecule has 1 aromatic carbocycles. The van der Waals surface area contributed by atoms with E-state index in [4.69, 9.17) is 4.42 Å². The lowest BCUT2D eigenvalue weighted by Crippen LogP contribution is -2.14. The number of benzene rings is 1. The van der Waals surface area contributed by atoms with Crippen LogP contribution in [0.25, 0.3) is 11.0 Å². The molecule has 1 heterocycles. The third-order valence-corrected chi connectivity index (χ3v) is 3.95. The van der Waals surface area contributed by atoms with Crippen LogP contribution in [-0.2, 0) is 5.41 Å². The van der Waals surface area contributed by atoms with Crippen LogP contribution in [0.2, 0.25) is 0 Å². The summed E-state index contributed by atoms with van der Waals surface area (Å²) in [4.78, 5) is 12.0. The zero-order valence-corrected chi connectivity index (χ0v) is 12.4. The van der Waals surface area contributed by atoms with Gasteiger partial charge in [0.1, 0.15) is 5.58 Å². The van der Waals surface area contributed by atoms with Crippen LogP contribution in [0.15, 0.2) is 28.7 Å². The van der Waals surface area contributed by atoms with Gasteiger partial charge in [0.05, 0.1) is 0 Å². The van der Waals surface area contributed by atoms with E-state index in [1.807, 2.05) is 26.0 Å². The van der Waals surface area contributed by atoms with E-state index >= 15 is 0 Å². The average molecular weight is 258 g/mol. The molecule has 19 heavy (non-hydrogen) atoms. The Kier molecular flexibility index (Phi) is 3.53. The Labute approximate surface area is 114 Å². The zero-order chi connectivity index (χ0) is 14.2. The Morgan fingerprint density at radius 3 is 2.53 bits per heavy atom. The molecular formula is C17H22O2. The molecule has 2 rings (SSSR count). The fourth-order valence-corrected chi connectivity index (χ4v) is 2.07. The number of Topliss-reactive ketones (excluding diaryl/α,β-unsaturated/α-hetero) is 1. The van der Waals surface area contributed by atoms with Crippen molar-refractivity contribution in [1.82, 2.24) is 0 Å². The minimum Gasteiger partial charge on any atom is -0.453 e. The maximum Gasteiger partial charge on any atom is 0.200 e. The first-order chi connectivity index (χ1) is 8.85. The first-order valence-corrected chi connectivity index (χ1v) is 6.93. The fourth-order valence-electron chi connectivity index (χ4n) is 2.07. The number of hydrogen-bond donors (Lipinski definition) is 0. The van der Waals surface area contributed by atoms with Gasteiger partial charge in [0.2, 0.25) is 5.78 Å². The minimum absolute atomic E-state index is 0.0351. The summed E-state index contributed by atoms with van der Waals surface area (Å²) in [6.45, 7) is 10.4. The highest BCUT2D eigenvalue weighted by Crippen LogP contribution is 2.31. The summed E-state index contributed by atoms with van der Waals surface area (Å²) >= 11 is 0. The predicted molar refractivity (Wildman–Crippen MR) is 78.7 cm³/mol. The summed E-state index contributed by atoms with van der Waals surface area (Å²) in [5, 5.41) is 1.02. The lowest BCUT2D eigenvalue weighted by Gasteiger charge is -2.23. The molecule has 1 aromatic heterocycles. The van der Waals surface area contributed by atoms with Gasteiger partial charge in [-0.05, 0) is 35.6 Å². The van der Waals surface area contributed by atoms with E-state index in [1.54, 1.807) is 0 Å². The van der Waals surface area contributed by atoms with Crippen molar-refractivity contribution in [1.29, 1.82) is 0 Å². The van der Waals surface area contributed by atoms with Crippen molar-refractivity contribution in [2.45, 2.75) is 46.5 Å². The Morgan fingerprint density at radius 2 is 1.95 bits per heavy atom. The lowest BCUT2D eigenvalue weighted by molar-refractivity contribution is 0.0913. The van der Waals surface area contributed by atoms with Crippen LogP contribution in [0, 0.1) is 5.92 Å². The van der Waals surface area contributed by atoms with E-state index in [2.05, 4.69) is 32.9 Å². The van der Waals surface area contributed by atoms with Gasteiger partial charge in [-0.1, -0.05) is 40.7 Å². The van der Waals surface area contributed by atoms with Crippen molar-refractivity contribution >= 4 is 16.8 Å². The van der Waals surface area contributed by atoms with Crippen molar-refractivity contribution in [2.75, 3.05) is 0 Å². The largest absolute Gasteiger partial charge is 0.453 e. The Morgan fingerprint density at radius 1 is 1.26 bits per heavy atom. The van der Waals surface area contributed by atoms with Crippen molar-refractivity contribution < 1.29 is 9.21 Å². The topological polar surface area (TPSA) is 30.2 Å². The van der Waals surface area contributed by atoms with Gasteiger partial charge in [-0.25, -0.2) is 0 Å². The average Bonchev–Trinajstić information content (AvgIpc) is 2.80. The molecule has 0 saturated carbocycles. The van der Waals surface area contributed by atoms with Crippen LogP contribution >= 0.6 is 0 Å². The van der Waals surface area contributed by atoms with E-state index in [9.17, 15) is 4.79 Å². The van der Waals surface area contributed by atoms with Gasteiger partial charge in [0, 0.05) is 11.3 Å². The normalized spacial score (nSPS) is 12.3. The van der Waals surface area contributed by atoms with E-state index in [0.29, 0.717) is 5.76 Å². The zero-order valence-electron chi connectivity index (χ0n) is 12.4. The molecule has 2 nitrogen and oxygen atoms in total. The Hall–Kier alpha value is -1.57. The molecule has 0 spiro atoms. The van der Waals surface area contributed by atoms with Crippen LogP contribution in [0.3, 0.4) is 0 Å². The van der Waals surface area contributed by atoms with Gasteiger partial charge < -0.3 is 4.42 Å². The number of carbonyl (C=O) groups excluding carboxylic acids is 1. The molecule has 0 saturated heterocycles. The Balaban J connectivity index is 2.47. The SMILES string of the molecule is CCC(C)(C)c1ccc2oc(C(=O)C(C)C)cc2c1. The van der Waals surface area contributed by atoms with Gasteiger partial charge in [0.15, 0.2) is 5.76 Å². The van der Waals surface area contributed by atoms with Crippen LogP contribution in [0.4, 0.5) is 0 Å². The monoisotopic (exact) mass is 258 g/mol. The van der Waals surface area contributed by atoms with Gasteiger partial charge in [0.25, 0.3) is 0 Å². The third-order valence-electron chi connectivity index (χ3n) is 3.95. The molecule has 2 heteroatoms. The summed E-state index contributed by atoms with van der Waals surface area (Å²) in [5.74, 6) is 0.496. The van der Waals surface area contributed by atoms with Crippen LogP contribution < -0.4 is 0 Å². The second-order valence-corrected chi connectivity index (χ2v) is 6.12. The first-order valence-electron chi connectivity index (χ1n) is 6.93. The van der Waals surface area contributed by atoms with E-state index in [-0.39, 0.29) is 17.1 Å².